The number of thioether (sulfide) groups is 1. The van der Waals surface area contributed by atoms with Crippen LogP contribution in [0.25, 0.3) is 6.08 Å². The standard InChI is InChI=1S/C24H20BrN3O4S/c25-19-7-8-20(32-15-17-6-2-1-5-16(17)13-26)18(11-19)12-21-23(30)28(24(31)33-21)14-22(29)27-9-3-4-10-27/h1-2,5-8,11-12H,3-4,9-10,14-15H2/b21-12+. The van der Waals surface area contributed by atoms with Crippen molar-refractivity contribution in [2.45, 2.75) is 19.4 Å². The molecule has 2 heterocycles. The summed E-state index contributed by atoms with van der Waals surface area (Å²) in [6.45, 7) is 1.27. The van der Waals surface area contributed by atoms with Gasteiger partial charge < -0.3 is 9.64 Å². The largest absolute Gasteiger partial charge is 0.488 e. The van der Waals surface area contributed by atoms with Gasteiger partial charge >= 0.3 is 0 Å². The number of benzene rings is 2. The molecule has 0 atom stereocenters. The normalized spacial score (nSPS) is 17.0. The quantitative estimate of drug-likeness (QED) is 0.513. The Bertz CT molecular complexity index is 1180. The molecule has 3 amide bonds. The molecule has 2 aromatic carbocycles. The van der Waals surface area contributed by atoms with Crippen molar-refractivity contribution >= 4 is 50.8 Å². The van der Waals surface area contributed by atoms with Crippen LogP contribution in [0.1, 0.15) is 29.5 Å². The van der Waals surface area contributed by atoms with Crippen molar-refractivity contribution in [2.75, 3.05) is 19.6 Å². The summed E-state index contributed by atoms with van der Waals surface area (Å²) in [7, 11) is 0. The lowest BCUT2D eigenvalue weighted by Gasteiger charge is -2.18. The summed E-state index contributed by atoms with van der Waals surface area (Å²) in [6, 6.07) is 14.7. The molecular weight excluding hydrogens is 506 g/mol. The first-order valence-corrected chi connectivity index (χ1v) is 12.0. The average Bonchev–Trinajstić information content (AvgIpc) is 3.44. The van der Waals surface area contributed by atoms with Gasteiger partial charge in [0.05, 0.1) is 16.5 Å². The first kappa shape index (κ1) is 23.1. The summed E-state index contributed by atoms with van der Waals surface area (Å²) < 4.78 is 6.74. The number of halogens is 1. The highest BCUT2D eigenvalue weighted by Crippen LogP contribution is 2.35. The summed E-state index contributed by atoms with van der Waals surface area (Å²) >= 11 is 4.24. The molecule has 2 aliphatic heterocycles. The Balaban J connectivity index is 1.53. The minimum atomic E-state index is -0.488. The number of nitriles is 1. The minimum absolute atomic E-state index is 0.179. The molecule has 0 radical (unpaired) electrons. The summed E-state index contributed by atoms with van der Waals surface area (Å²) in [4.78, 5) is 40.7. The van der Waals surface area contributed by atoms with Gasteiger partial charge in [-0.05, 0) is 54.9 Å². The molecule has 33 heavy (non-hydrogen) atoms. The van der Waals surface area contributed by atoms with E-state index >= 15 is 0 Å². The van der Waals surface area contributed by atoms with Crippen LogP contribution >= 0.6 is 27.7 Å². The number of rotatable bonds is 6. The molecule has 168 valence electrons. The van der Waals surface area contributed by atoms with E-state index in [1.807, 2.05) is 18.2 Å². The zero-order valence-corrected chi connectivity index (χ0v) is 20.0. The van der Waals surface area contributed by atoms with Gasteiger partial charge in [-0.25, -0.2) is 0 Å². The number of nitrogens with zero attached hydrogens (tertiary/aromatic N) is 3. The zero-order valence-electron chi connectivity index (χ0n) is 17.6. The second-order valence-electron chi connectivity index (χ2n) is 7.60. The van der Waals surface area contributed by atoms with Crippen LogP contribution in [0.15, 0.2) is 51.8 Å². The molecule has 0 unspecified atom stereocenters. The molecule has 4 rings (SSSR count). The van der Waals surface area contributed by atoms with Gasteiger partial charge in [-0.15, -0.1) is 0 Å². The second-order valence-corrected chi connectivity index (χ2v) is 9.50. The smallest absolute Gasteiger partial charge is 0.294 e. The van der Waals surface area contributed by atoms with E-state index in [0.717, 1.165) is 39.5 Å². The molecule has 2 aliphatic rings. The molecular formula is C24H20BrN3O4S. The lowest BCUT2D eigenvalue weighted by Crippen LogP contribution is -2.40. The number of hydrogen-bond acceptors (Lipinski definition) is 6. The van der Waals surface area contributed by atoms with Crippen LogP contribution in [0.2, 0.25) is 0 Å². The van der Waals surface area contributed by atoms with Gasteiger partial charge in [-0.2, -0.15) is 5.26 Å². The minimum Gasteiger partial charge on any atom is -0.488 e. The summed E-state index contributed by atoms with van der Waals surface area (Å²) in [5, 5.41) is 8.82. The molecule has 0 saturated carbocycles. The third kappa shape index (κ3) is 5.29. The van der Waals surface area contributed by atoms with Crippen LogP contribution in [0, 0.1) is 11.3 Å². The maximum atomic E-state index is 12.9. The highest BCUT2D eigenvalue weighted by molar-refractivity contribution is 9.10. The lowest BCUT2D eigenvalue weighted by molar-refractivity contribution is -0.135. The Morgan fingerprint density at radius 1 is 1.18 bits per heavy atom. The maximum Gasteiger partial charge on any atom is 0.294 e. The highest BCUT2D eigenvalue weighted by Gasteiger charge is 2.37. The fourth-order valence-corrected chi connectivity index (χ4v) is 4.86. The SMILES string of the molecule is N#Cc1ccccc1COc1ccc(Br)cc1/C=C1/SC(=O)N(CC(=O)N2CCCC2)C1=O. The Kier molecular flexibility index (Phi) is 7.16. The number of likely N-dealkylation sites (tertiary alicyclic amines) is 1. The van der Waals surface area contributed by atoms with E-state index in [-0.39, 0.29) is 24.0 Å². The predicted octanol–water partition coefficient (Wildman–Crippen LogP) is 4.56. The fourth-order valence-electron chi connectivity index (χ4n) is 3.65. The molecule has 0 aliphatic carbocycles. The van der Waals surface area contributed by atoms with Gasteiger partial charge in [-0.3, -0.25) is 19.3 Å². The van der Waals surface area contributed by atoms with Crippen LogP contribution in [0.4, 0.5) is 4.79 Å². The summed E-state index contributed by atoms with van der Waals surface area (Å²) in [6.07, 6.45) is 3.48. The van der Waals surface area contributed by atoms with E-state index in [1.165, 1.54) is 0 Å². The van der Waals surface area contributed by atoms with E-state index < -0.39 is 11.1 Å². The van der Waals surface area contributed by atoms with Crippen LogP contribution < -0.4 is 4.74 Å². The van der Waals surface area contributed by atoms with Gasteiger partial charge in [0.2, 0.25) is 5.91 Å². The van der Waals surface area contributed by atoms with Crippen LogP contribution in [-0.4, -0.2) is 46.5 Å². The molecule has 0 aromatic heterocycles. The van der Waals surface area contributed by atoms with Gasteiger partial charge in [0.15, 0.2) is 0 Å². The van der Waals surface area contributed by atoms with Crippen molar-refractivity contribution in [1.29, 1.82) is 5.26 Å². The van der Waals surface area contributed by atoms with Crippen molar-refractivity contribution in [3.8, 4) is 11.8 Å². The molecule has 7 nitrogen and oxygen atoms in total. The summed E-state index contributed by atoms with van der Waals surface area (Å²) in [5.74, 6) is -0.192. The maximum absolute atomic E-state index is 12.9. The Morgan fingerprint density at radius 2 is 1.94 bits per heavy atom. The number of hydrogen-bond donors (Lipinski definition) is 0. The molecule has 9 heteroatoms. The van der Waals surface area contributed by atoms with Crippen LogP contribution in [-0.2, 0) is 16.2 Å². The topological polar surface area (TPSA) is 90.7 Å². The van der Waals surface area contributed by atoms with E-state index in [9.17, 15) is 19.6 Å². The average molecular weight is 526 g/mol. The first-order chi connectivity index (χ1) is 16.0. The molecule has 2 saturated heterocycles. The molecule has 0 spiro atoms. The predicted molar refractivity (Wildman–Crippen MR) is 128 cm³/mol. The van der Waals surface area contributed by atoms with E-state index in [1.54, 1.807) is 35.2 Å². The van der Waals surface area contributed by atoms with E-state index in [4.69, 9.17) is 4.74 Å². The van der Waals surface area contributed by atoms with Crippen molar-refractivity contribution in [3.63, 3.8) is 0 Å². The third-order valence-electron chi connectivity index (χ3n) is 5.41. The lowest BCUT2D eigenvalue weighted by atomic mass is 10.1. The van der Waals surface area contributed by atoms with Gasteiger partial charge in [0, 0.05) is 28.7 Å². The van der Waals surface area contributed by atoms with Crippen LogP contribution in [0.5, 0.6) is 5.75 Å². The van der Waals surface area contributed by atoms with Crippen molar-refractivity contribution in [1.82, 2.24) is 9.80 Å². The summed E-state index contributed by atoms with van der Waals surface area (Å²) in [5.41, 5.74) is 1.88. The first-order valence-electron chi connectivity index (χ1n) is 10.4. The van der Waals surface area contributed by atoms with Gasteiger partial charge in [-0.1, -0.05) is 34.1 Å². The van der Waals surface area contributed by atoms with Crippen molar-refractivity contribution in [2.24, 2.45) is 0 Å². The number of imide groups is 1. The van der Waals surface area contributed by atoms with E-state index in [2.05, 4.69) is 22.0 Å². The number of carbonyl (C=O) groups is 3. The van der Waals surface area contributed by atoms with Crippen molar-refractivity contribution in [3.05, 3.63) is 68.5 Å². The molecule has 0 N–H and O–H groups in total. The molecule has 2 aromatic rings. The Labute approximate surface area is 204 Å². The number of amides is 3. The monoisotopic (exact) mass is 525 g/mol. The Morgan fingerprint density at radius 3 is 2.70 bits per heavy atom. The van der Waals surface area contributed by atoms with Crippen molar-refractivity contribution < 1.29 is 19.1 Å². The van der Waals surface area contributed by atoms with Gasteiger partial charge in [0.25, 0.3) is 11.1 Å². The number of carbonyl (C=O) groups excluding carboxylic acids is 3. The van der Waals surface area contributed by atoms with E-state index in [0.29, 0.717) is 30.0 Å². The third-order valence-corrected chi connectivity index (χ3v) is 6.81. The number of ether oxygens (including phenoxy) is 1. The fraction of sp³-hybridized carbons (Fsp3) is 0.250. The Hall–Kier alpha value is -3.09. The molecule has 0 bridgehead atoms. The van der Waals surface area contributed by atoms with Crippen LogP contribution in [0.3, 0.4) is 0 Å². The zero-order chi connectivity index (χ0) is 23.4. The second kappa shape index (κ2) is 10.2. The van der Waals surface area contributed by atoms with Gasteiger partial charge in [0.1, 0.15) is 18.9 Å². The highest BCUT2D eigenvalue weighted by atomic mass is 79.9. The molecule has 2 fully saturated rings.